The third-order valence-electron chi connectivity index (χ3n) is 5.97. The van der Waals surface area contributed by atoms with E-state index in [0.717, 1.165) is 24.1 Å². The van der Waals surface area contributed by atoms with Gasteiger partial charge in [-0.1, -0.05) is 66.2 Å². The number of anilines is 1. The Morgan fingerprint density at radius 3 is 2.09 bits per heavy atom. The molecule has 3 aromatic carbocycles. The van der Waals surface area contributed by atoms with Crippen molar-refractivity contribution in [2.24, 2.45) is 0 Å². The number of rotatable bonds is 9. The fourth-order valence-corrected chi connectivity index (χ4v) is 4.38. The van der Waals surface area contributed by atoms with Crippen molar-refractivity contribution in [3.8, 4) is 5.75 Å². The molecule has 0 saturated carbocycles. The second-order valence-corrected chi connectivity index (χ2v) is 9.10. The SMILES string of the molecule is Cc1ccc(OC(=O)Nc2ccccc2)c(C(CCN(C(C)C)C(C)C)c2ccccc2)c1. The van der Waals surface area contributed by atoms with Gasteiger partial charge in [0.25, 0.3) is 0 Å². The smallest absolute Gasteiger partial charge is 0.410 e. The molecule has 3 aromatic rings. The van der Waals surface area contributed by atoms with Gasteiger partial charge >= 0.3 is 6.09 Å². The van der Waals surface area contributed by atoms with Crippen molar-refractivity contribution < 1.29 is 9.53 Å². The normalized spacial score (nSPS) is 12.2. The Bertz CT molecular complexity index is 1010. The summed E-state index contributed by atoms with van der Waals surface area (Å²) in [4.78, 5) is 15.2. The molecule has 0 spiro atoms. The molecule has 0 saturated heterocycles. The molecule has 0 radical (unpaired) electrons. The summed E-state index contributed by atoms with van der Waals surface area (Å²) in [6, 6.07) is 26.9. The molecule has 0 aliphatic heterocycles. The number of aryl methyl sites for hydroxylation is 1. The zero-order chi connectivity index (χ0) is 23.8. The molecule has 0 fully saturated rings. The summed E-state index contributed by atoms with van der Waals surface area (Å²) in [5.74, 6) is 0.717. The van der Waals surface area contributed by atoms with Gasteiger partial charge in [0.15, 0.2) is 0 Å². The average Bonchev–Trinajstić information content (AvgIpc) is 2.79. The van der Waals surface area contributed by atoms with Gasteiger partial charge in [-0.05, 0) is 71.3 Å². The van der Waals surface area contributed by atoms with E-state index in [-0.39, 0.29) is 5.92 Å². The summed E-state index contributed by atoms with van der Waals surface area (Å²) in [7, 11) is 0. The highest BCUT2D eigenvalue weighted by Crippen LogP contribution is 2.36. The van der Waals surface area contributed by atoms with Crippen LogP contribution in [0.4, 0.5) is 10.5 Å². The Morgan fingerprint density at radius 2 is 1.48 bits per heavy atom. The molecule has 1 atom stereocenters. The maximum absolute atomic E-state index is 12.7. The van der Waals surface area contributed by atoms with Crippen molar-refractivity contribution in [1.29, 1.82) is 0 Å². The lowest BCUT2D eigenvalue weighted by Gasteiger charge is -2.32. The second-order valence-electron chi connectivity index (χ2n) is 9.10. The molecule has 4 nitrogen and oxygen atoms in total. The first-order valence-corrected chi connectivity index (χ1v) is 11.8. The number of benzene rings is 3. The maximum Gasteiger partial charge on any atom is 0.417 e. The Labute approximate surface area is 198 Å². The monoisotopic (exact) mass is 444 g/mol. The van der Waals surface area contributed by atoms with Gasteiger partial charge in [0, 0.05) is 29.3 Å². The highest BCUT2D eigenvalue weighted by atomic mass is 16.6. The van der Waals surface area contributed by atoms with Crippen LogP contribution in [0.2, 0.25) is 0 Å². The van der Waals surface area contributed by atoms with Crippen molar-refractivity contribution >= 4 is 11.8 Å². The Morgan fingerprint density at radius 1 is 0.879 bits per heavy atom. The summed E-state index contributed by atoms with van der Waals surface area (Å²) in [5.41, 5.74) is 4.12. The largest absolute Gasteiger partial charge is 0.417 e. The van der Waals surface area contributed by atoms with Gasteiger partial charge in [0.2, 0.25) is 0 Å². The Hall–Kier alpha value is -3.11. The van der Waals surface area contributed by atoms with Gasteiger partial charge in [-0.25, -0.2) is 4.79 Å². The van der Waals surface area contributed by atoms with Crippen LogP contribution in [0.1, 0.15) is 56.7 Å². The Kier molecular flexibility index (Phi) is 8.67. The van der Waals surface area contributed by atoms with Crippen molar-refractivity contribution in [3.05, 3.63) is 95.6 Å². The van der Waals surface area contributed by atoms with Crippen LogP contribution in [0.25, 0.3) is 0 Å². The molecule has 0 aliphatic carbocycles. The van der Waals surface area contributed by atoms with E-state index in [2.05, 4.69) is 75.2 Å². The molecule has 0 aromatic heterocycles. The number of hydrogen-bond acceptors (Lipinski definition) is 3. The highest BCUT2D eigenvalue weighted by molar-refractivity contribution is 5.86. The molecule has 1 amide bonds. The van der Waals surface area contributed by atoms with Crippen LogP contribution in [0, 0.1) is 6.92 Å². The average molecular weight is 445 g/mol. The molecule has 4 heteroatoms. The third-order valence-corrected chi connectivity index (χ3v) is 5.97. The maximum atomic E-state index is 12.7. The number of carbonyl (C=O) groups excluding carboxylic acids is 1. The van der Waals surface area contributed by atoms with E-state index in [1.807, 2.05) is 48.5 Å². The summed E-state index contributed by atoms with van der Waals surface area (Å²) >= 11 is 0. The molecule has 3 rings (SSSR count). The zero-order valence-electron chi connectivity index (χ0n) is 20.4. The van der Waals surface area contributed by atoms with Gasteiger partial charge in [0.1, 0.15) is 5.75 Å². The predicted molar refractivity (Wildman–Crippen MR) is 137 cm³/mol. The summed E-state index contributed by atoms with van der Waals surface area (Å²) < 4.78 is 5.84. The van der Waals surface area contributed by atoms with E-state index >= 15 is 0 Å². The van der Waals surface area contributed by atoms with Gasteiger partial charge in [-0.15, -0.1) is 0 Å². The van der Waals surface area contributed by atoms with Gasteiger partial charge < -0.3 is 4.74 Å². The fraction of sp³-hybridized carbons (Fsp3) is 0.345. The summed E-state index contributed by atoms with van der Waals surface area (Å²) in [6.07, 6.45) is 0.449. The Balaban J connectivity index is 1.91. The molecule has 0 aliphatic rings. The number of carbonyl (C=O) groups is 1. The number of amides is 1. The first-order chi connectivity index (χ1) is 15.8. The predicted octanol–water partition coefficient (Wildman–Crippen LogP) is 7.25. The summed E-state index contributed by atoms with van der Waals surface area (Å²) in [5, 5.41) is 2.82. The van der Waals surface area contributed by atoms with E-state index in [4.69, 9.17) is 4.74 Å². The number of nitrogens with one attached hydrogen (secondary N) is 1. The lowest BCUT2D eigenvalue weighted by Crippen LogP contribution is -2.38. The van der Waals surface area contributed by atoms with Gasteiger partial charge in [-0.3, -0.25) is 10.2 Å². The quantitative estimate of drug-likeness (QED) is 0.378. The first-order valence-electron chi connectivity index (χ1n) is 11.8. The summed E-state index contributed by atoms with van der Waals surface area (Å²) in [6.45, 7) is 12.0. The standard InChI is InChI=1S/C29H36N2O2/c1-21(2)31(22(3)4)19-18-26(24-12-8-6-9-13-24)27-20-23(5)16-17-28(27)33-29(32)30-25-14-10-7-11-15-25/h6-17,20-22,26H,18-19H2,1-5H3,(H,30,32). The highest BCUT2D eigenvalue weighted by Gasteiger charge is 2.23. The minimum absolute atomic E-state index is 0.116. The number of para-hydroxylation sites is 1. The van der Waals surface area contributed by atoms with Crippen LogP contribution >= 0.6 is 0 Å². The van der Waals surface area contributed by atoms with E-state index in [9.17, 15) is 4.79 Å². The zero-order valence-corrected chi connectivity index (χ0v) is 20.4. The van der Waals surface area contributed by atoms with Gasteiger partial charge in [0.05, 0.1) is 0 Å². The third kappa shape index (κ3) is 6.93. The molecule has 174 valence electrons. The van der Waals surface area contributed by atoms with Crippen molar-refractivity contribution in [2.45, 2.75) is 59.0 Å². The van der Waals surface area contributed by atoms with E-state index in [1.54, 1.807) is 0 Å². The van der Waals surface area contributed by atoms with Crippen molar-refractivity contribution in [1.82, 2.24) is 4.90 Å². The lowest BCUT2D eigenvalue weighted by molar-refractivity contribution is 0.170. The van der Waals surface area contributed by atoms with Crippen LogP contribution in [0.3, 0.4) is 0 Å². The van der Waals surface area contributed by atoms with Gasteiger partial charge in [-0.2, -0.15) is 0 Å². The number of hydrogen-bond donors (Lipinski definition) is 1. The molecule has 0 bridgehead atoms. The van der Waals surface area contributed by atoms with Crippen LogP contribution in [0.15, 0.2) is 78.9 Å². The molecule has 0 heterocycles. The second kappa shape index (κ2) is 11.7. The van der Waals surface area contributed by atoms with Crippen LogP contribution in [-0.4, -0.2) is 29.6 Å². The van der Waals surface area contributed by atoms with E-state index in [0.29, 0.717) is 23.5 Å². The van der Waals surface area contributed by atoms with Crippen LogP contribution < -0.4 is 10.1 Å². The molecular weight excluding hydrogens is 408 g/mol. The number of nitrogens with zero attached hydrogens (tertiary/aromatic N) is 1. The minimum Gasteiger partial charge on any atom is -0.410 e. The molecule has 1 N–H and O–H groups in total. The van der Waals surface area contributed by atoms with Crippen molar-refractivity contribution in [2.75, 3.05) is 11.9 Å². The van der Waals surface area contributed by atoms with Crippen LogP contribution in [0.5, 0.6) is 5.75 Å². The fourth-order valence-electron chi connectivity index (χ4n) is 4.38. The van der Waals surface area contributed by atoms with E-state index < -0.39 is 6.09 Å². The minimum atomic E-state index is -0.482. The molecular formula is C29H36N2O2. The van der Waals surface area contributed by atoms with Crippen molar-refractivity contribution in [3.63, 3.8) is 0 Å². The molecule has 1 unspecified atom stereocenters. The molecule has 33 heavy (non-hydrogen) atoms. The topological polar surface area (TPSA) is 41.6 Å². The number of ether oxygens (including phenoxy) is 1. The van der Waals surface area contributed by atoms with Crippen LogP contribution in [-0.2, 0) is 0 Å². The lowest BCUT2D eigenvalue weighted by atomic mass is 9.86. The van der Waals surface area contributed by atoms with E-state index in [1.165, 1.54) is 5.56 Å². The first kappa shape index (κ1) is 24.5.